The van der Waals surface area contributed by atoms with Crippen molar-refractivity contribution in [1.82, 2.24) is 5.32 Å². The Balaban J connectivity index is 3.23. The number of nitro groups is 1. The second-order valence-corrected chi connectivity index (χ2v) is 4.74. The van der Waals surface area contributed by atoms with E-state index < -0.39 is 10.5 Å². The molecule has 0 bridgehead atoms. The summed E-state index contributed by atoms with van der Waals surface area (Å²) in [6.45, 7) is 5.71. The van der Waals surface area contributed by atoms with E-state index in [2.05, 4.69) is 16.6 Å². The number of anilines is 1. The van der Waals surface area contributed by atoms with Crippen LogP contribution in [0.1, 0.15) is 31.1 Å². The fourth-order valence-electron chi connectivity index (χ4n) is 1.57. The van der Waals surface area contributed by atoms with Crippen molar-refractivity contribution >= 4 is 17.3 Å². The van der Waals surface area contributed by atoms with Gasteiger partial charge in [-0.15, -0.1) is 6.42 Å². The Kier molecular flexibility index (Phi) is 4.70. The SMILES string of the molecule is C#CC(C)(C)Nc1cc(C(=O)NCC)ccc1[N+](=O)[O-]. The molecule has 0 atom stereocenters. The van der Waals surface area contributed by atoms with Gasteiger partial charge in [0.25, 0.3) is 11.6 Å². The lowest BCUT2D eigenvalue weighted by Gasteiger charge is -2.21. The van der Waals surface area contributed by atoms with Crippen LogP contribution in [0.5, 0.6) is 0 Å². The van der Waals surface area contributed by atoms with Crippen LogP contribution in [0.25, 0.3) is 0 Å². The Bertz CT molecular complexity index is 574. The molecule has 0 saturated heterocycles. The number of nitrogens with one attached hydrogen (secondary N) is 2. The van der Waals surface area contributed by atoms with Crippen LogP contribution < -0.4 is 10.6 Å². The predicted octanol–water partition coefficient (Wildman–Crippen LogP) is 2.17. The zero-order chi connectivity index (χ0) is 15.3. The third-order valence-corrected chi connectivity index (χ3v) is 2.60. The average molecular weight is 275 g/mol. The molecule has 0 spiro atoms. The van der Waals surface area contributed by atoms with Crippen LogP contribution in [0.15, 0.2) is 18.2 Å². The Morgan fingerprint density at radius 2 is 2.15 bits per heavy atom. The van der Waals surface area contributed by atoms with Crippen molar-refractivity contribution in [2.45, 2.75) is 26.3 Å². The summed E-state index contributed by atoms with van der Waals surface area (Å²) in [6.07, 6.45) is 5.36. The van der Waals surface area contributed by atoms with Gasteiger partial charge in [0.2, 0.25) is 0 Å². The van der Waals surface area contributed by atoms with E-state index in [1.54, 1.807) is 20.8 Å². The fraction of sp³-hybridized carbons (Fsp3) is 0.357. The van der Waals surface area contributed by atoms with E-state index in [9.17, 15) is 14.9 Å². The summed E-state index contributed by atoms with van der Waals surface area (Å²) < 4.78 is 0. The van der Waals surface area contributed by atoms with Gasteiger partial charge in [0.05, 0.1) is 10.5 Å². The van der Waals surface area contributed by atoms with E-state index in [4.69, 9.17) is 6.42 Å². The molecule has 0 radical (unpaired) electrons. The van der Waals surface area contributed by atoms with E-state index in [0.29, 0.717) is 12.1 Å². The molecule has 0 aliphatic rings. The minimum absolute atomic E-state index is 0.124. The standard InChI is InChI=1S/C14H17N3O3/c1-5-14(3,4)16-11-9-10(13(18)15-6-2)7-8-12(11)17(19)20/h1,7-9,16H,6H2,2-4H3,(H,15,18). The topological polar surface area (TPSA) is 84.3 Å². The molecule has 0 unspecified atom stereocenters. The van der Waals surface area contributed by atoms with Gasteiger partial charge < -0.3 is 10.6 Å². The molecule has 0 fully saturated rings. The number of terminal acetylenes is 1. The van der Waals surface area contributed by atoms with E-state index in [0.717, 1.165) is 0 Å². The van der Waals surface area contributed by atoms with Crippen LogP contribution in [0.3, 0.4) is 0 Å². The monoisotopic (exact) mass is 275 g/mol. The van der Waals surface area contributed by atoms with Gasteiger partial charge in [-0.25, -0.2) is 0 Å². The van der Waals surface area contributed by atoms with Gasteiger partial charge in [0, 0.05) is 18.2 Å². The number of nitrogens with zero attached hydrogens (tertiary/aromatic N) is 1. The quantitative estimate of drug-likeness (QED) is 0.490. The lowest BCUT2D eigenvalue weighted by Crippen LogP contribution is -2.29. The van der Waals surface area contributed by atoms with Gasteiger partial charge in [0.15, 0.2) is 0 Å². The summed E-state index contributed by atoms with van der Waals surface area (Å²) in [4.78, 5) is 22.3. The second-order valence-electron chi connectivity index (χ2n) is 4.74. The number of hydrogen-bond donors (Lipinski definition) is 2. The summed E-state index contributed by atoms with van der Waals surface area (Å²) in [5.74, 6) is 2.21. The zero-order valence-electron chi connectivity index (χ0n) is 11.7. The third kappa shape index (κ3) is 3.72. The van der Waals surface area contributed by atoms with Crippen molar-refractivity contribution in [3.05, 3.63) is 33.9 Å². The van der Waals surface area contributed by atoms with Crippen molar-refractivity contribution in [1.29, 1.82) is 0 Å². The highest BCUT2D eigenvalue weighted by Gasteiger charge is 2.22. The first kappa shape index (κ1) is 15.5. The molecule has 0 aliphatic carbocycles. The number of benzene rings is 1. The molecule has 2 N–H and O–H groups in total. The Morgan fingerprint density at radius 1 is 1.50 bits per heavy atom. The minimum atomic E-state index is -0.759. The Labute approximate surface area is 117 Å². The number of nitro benzene ring substituents is 1. The Morgan fingerprint density at radius 3 is 2.65 bits per heavy atom. The number of carbonyl (C=O) groups is 1. The molecular formula is C14H17N3O3. The van der Waals surface area contributed by atoms with E-state index >= 15 is 0 Å². The molecule has 0 aliphatic heterocycles. The van der Waals surface area contributed by atoms with Gasteiger partial charge in [-0.1, -0.05) is 5.92 Å². The largest absolute Gasteiger partial charge is 0.364 e. The molecule has 6 heteroatoms. The summed E-state index contributed by atoms with van der Waals surface area (Å²) >= 11 is 0. The summed E-state index contributed by atoms with van der Waals surface area (Å²) in [5, 5.41) is 16.6. The van der Waals surface area contributed by atoms with Gasteiger partial charge in [0.1, 0.15) is 5.69 Å². The third-order valence-electron chi connectivity index (χ3n) is 2.60. The van der Waals surface area contributed by atoms with Crippen LogP contribution in [0.4, 0.5) is 11.4 Å². The fourth-order valence-corrected chi connectivity index (χ4v) is 1.57. The van der Waals surface area contributed by atoms with Gasteiger partial charge in [-0.3, -0.25) is 14.9 Å². The molecule has 106 valence electrons. The van der Waals surface area contributed by atoms with Gasteiger partial charge >= 0.3 is 0 Å². The molecule has 6 nitrogen and oxygen atoms in total. The average Bonchev–Trinajstić information content (AvgIpc) is 2.38. The van der Waals surface area contributed by atoms with Crippen molar-refractivity contribution in [3.8, 4) is 12.3 Å². The zero-order valence-corrected chi connectivity index (χ0v) is 11.7. The number of hydrogen-bond acceptors (Lipinski definition) is 4. The summed E-state index contributed by atoms with van der Waals surface area (Å²) in [5.41, 5.74) is -0.319. The number of carbonyl (C=O) groups excluding carboxylic acids is 1. The minimum Gasteiger partial charge on any atom is -0.364 e. The van der Waals surface area contributed by atoms with E-state index in [-0.39, 0.29) is 17.3 Å². The molecule has 0 aromatic heterocycles. The predicted molar refractivity (Wildman–Crippen MR) is 77.6 cm³/mol. The first-order valence-corrected chi connectivity index (χ1v) is 6.13. The first-order valence-electron chi connectivity index (χ1n) is 6.13. The first-order chi connectivity index (χ1) is 9.30. The number of amides is 1. The van der Waals surface area contributed by atoms with Crippen LogP contribution in [0.2, 0.25) is 0 Å². The second kappa shape index (κ2) is 6.06. The van der Waals surface area contributed by atoms with Gasteiger partial charge in [-0.2, -0.15) is 0 Å². The van der Waals surface area contributed by atoms with Crippen LogP contribution in [-0.4, -0.2) is 22.9 Å². The van der Waals surface area contributed by atoms with E-state index in [1.165, 1.54) is 18.2 Å². The summed E-state index contributed by atoms with van der Waals surface area (Å²) in [7, 11) is 0. The molecular weight excluding hydrogens is 258 g/mol. The van der Waals surface area contributed by atoms with Crippen molar-refractivity contribution in [2.75, 3.05) is 11.9 Å². The van der Waals surface area contributed by atoms with Crippen LogP contribution in [-0.2, 0) is 0 Å². The molecule has 1 amide bonds. The van der Waals surface area contributed by atoms with Crippen molar-refractivity contribution < 1.29 is 9.72 Å². The molecule has 1 rings (SSSR count). The van der Waals surface area contributed by atoms with E-state index in [1.807, 2.05) is 0 Å². The molecule has 1 aromatic carbocycles. The normalized spacial score (nSPS) is 10.5. The Hall–Kier alpha value is -2.55. The maximum Gasteiger partial charge on any atom is 0.292 e. The number of rotatable bonds is 5. The van der Waals surface area contributed by atoms with Crippen LogP contribution >= 0.6 is 0 Å². The maximum absolute atomic E-state index is 11.8. The van der Waals surface area contributed by atoms with Crippen molar-refractivity contribution in [2.24, 2.45) is 0 Å². The van der Waals surface area contributed by atoms with Gasteiger partial charge in [-0.05, 0) is 32.9 Å². The highest BCUT2D eigenvalue weighted by atomic mass is 16.6. The van der Waals surface area contributed by atoms with Crippen LogP contribution in [0, 0.1) is 22.5 Å². The molecule has 1 aromatic rings. The summed E-state index contributed by atoms with van der Waals surface area (Å²) in [6, 6.07) is 4.14. The maximum atomic E-state index is 11.8. The lowest BCUT2D eigenvalue weighted by atomic mass is 10.1. The molecule has 0 heterocycles. The smallest absolute Gasteiger partial charge is 0.292 e. The highest BCUT2D eigenvalue weighted by molar-refractivity contribution is 5.96. The molecule has 0 saturated carbocycles. The lowest BCUT2D eigenvalue weighted by molar-refractivity contribution is -0.384. The highest BCUT2D eigenvalue weighted by Crippen LogP contribution is 2.28. The molecule has 20 heavy (non-hydrogen) atoms. The van der Waals surface area contributed by atoms with Crippen molar-refractivity contribution in [3.63, 3.8) is 0 Å².